The molecule has 3 rings (SSSR count). The minimum Gasteiger partial charge on any atom is -0.451 e. The normalized spacial score (nSPS) is 20.8. The SMILES string of the molecule is N[C@@H]1CN(C(=O)c2ccc(-c3ccc(C(F)(F)F)cc3)o2)C[C@H]1C(F)F. The molecular formula is C17H15F5N2O2. The monoisotopic (exact) mass is 374 g/mol. The van der Waals surface area contributed by atoms with Crippen LogP contribution in [0.15, 0.2) is 40.8 Å². The van der Waals surface area contributed by atoms with Gasteiger partial charge in [-0.05, 0) is 24.3 Å². The Hall–Kier alpha value is -2.42. The highest BCUT2D eigenvalue weighted by Gasteiger charge is 2.39. The van der Waals surface area contributed by atoms with Crippen LogP contribution in [0.1, 0.15) is 16.1 Å². The molecule has 0 bridgehead atoms. The Kier molecular flexibility index (Phi) is 4.74. The number of nitrogens with zero attached hydrogens (tertiary/aromatic N) is 1. The molecular weight excluding hydrogens is 359 g/mol. The zero-order valence-electron chi connectivity index (χ0n) is 13.3. The van der Waals surface area contributed by atoms with Crippen molar-refractivity contribution in [3.05, 3.63) is 47.7 Å². The highest BCUT2D eigenvalue weighted by Crippen LogP contribution is 2.32. The summed E-state index contributed by atoms with van der Waals surface area (Å²) in [6, 6.07) is 6.26. The van der Waals surface area contributed by atoms with Gasteiger partial charge in [-0.25, -0.2) is 8.78 Å². The van der Waals surface area contributed by atoms with Gasteiger partial charge in [0, 0.05) is 24.7 Å². The Morgan fingerprint density at radius 3 is 2.31 bits per heavy atom. The lowest BCUT2D eigenvalue weighted by molar-refractivity contribution is -0.137. The number of halogens is 5. The van der Waals surface area contributed by atoms with E-state index in [-0.39, 0.29) is 24.6 Å². The van der Waals surface area contributed by atoms with Gasteiger partial charge in [-0.3, -0.25) is 4.79 Å². The van der Waals surface area contributed by atoms with Gasteiger partial charge < -0.3 is 15.1 Å². The highest BCUT2D eigenvalue weighted by molar-refractivity contribution is 5.92. The lowest BCUT2D eigenvalue weighted by atomic mass is 10.1. The van der Waals surface area contributed by atoms with Crippen molar-refractivity contribution in [1.82, 2.24) is 4.90 Å². The van der Waals surface area contributed by atoms with Crippen molar-refractivity contribution in [3.8, 4) is 11.3 Å². The second-order valence-electron chi connectivity index (χ2n) is 6.11. The fourth-order valence-corrected chi connectivity index (χ4v) is 2.87. The van der Waals surface area contributed by atoms with Crippen molar-refractivity contribution < 1.29 is 31.2 Å². The number of benzene rings is 1. The average Bonchev–Trinajstić information content (AvgIpc) is 3.20. The van der Waals surface area contributed by atoms with E-state index in [1.165, 1.54) is 29.2 Å². The van der Waals surface area contributed by atoms with Crippen LogP contribution in [0.5, 0.6) is 0 Å². The second kappa shape index (κ2) is 6.71. The summed E-state index contributed by atoms with van der Waals surface area (Å²) in [5.41, 5.74) is 5.20. The zero-order valence-corrected chi connectivity index (χ0v) is 13.3. The molecule has 1 aliphatic heterocycles. The molecule has 0 radical (unpaired) electrons. The zero-order chi connectivity index (χ0) is 19.1. The van der Waals surface area contributed by atoms with Crippen molar-refractivity contribution in [1.29, 1.82) is 0 Å². The van der Waals surface area contributed by atoms with Crippen molar-refractivity contribution in [3.63, 3.8) is 0 Å². The molecule has 140 valence electrons. The van der Waals surface area contributed by atoms with Gasteiger partial charge in [0.15, 0.2) is 5.76 Å². The van der Waals surface area contributed by atoms with Crippen LogP contribution >= 0.6 is 0 Å². The summed E-state index contributed by atoms with van der Waals surface area (Å²) in [5.74, 6) is -1.55. The van der Waals surface area contributed by atoms with Gasteiger partial charge in [0.05, 0.1) is 11.5 Å². The molecule has 1 saturated heterocycles. The van der Waals surface area contributed by atoms with Gasteiger partial charge in [0.1, 0.15) is 5.76 Å². The molecule has 2 atom stereocenters. The smallest absolute Gasteiger partial charge is 0.416 e. The minimum atomic E-state index is -4.45. The van der Waals surface area contributed by atoms with Gasteiger partial charge in [0.2, 0.25) is 6.43 Å². The first-order valence-corrected chi connectivity index (χ1v) is 7.77. The first-order chi connectivity index (χ1) is 12.2. The third kappa shape index (κ3) is 3.57. The molecule has 1 fully saturated rings. The van der Waals surface area contributed by atoms with Crippen LogP contribution in [0.4, 0.5) is 22.0 Å². The van der Waals surface area contributed by atoms with E-state index >= 15 is 0 Å². The van der Waals surface area contributed by atoms with Crippen LogP contribution in [0.3, 0.4) is 0 Å². The first kappa shape index (κ1) is 18.4. The van der Waals surface area contributed by atoms with Crippen molar-refractivity contribution in [2.75, 3.05) is 13.1 Å². The Labute approximate surface area is 145 Å². The maximum Gasteiger partial charge on any atom is 0.416 e. The van der Waals surface area contributed by atoms with E-state index in [4.69, 9.17) is 10.2 Å². The van der Waals surface area contributed by atoms with Gasteiger partial charge in [0.25, 0.3) is 5.91 Å². The maximum atomic E-state index is 12.8. The average molecular weight is 374 g/mol. The van der Waals surface area contributed by atoms with Crippen LogP contribution in [-0.2, 0) is 6.18 Å². The number of nitrogens with two attached hydrogens (primary N) is 1. The molecule has 0 saturated carbocycles. The van der Waals surface area contributed by atoms with E-state index in [1.54, 1.807) is 0 Å². The van der Waals surface area contributed by atoms with Crippen LogP contribution in [0.2, 0.25) is 0 Å². The number of rotatable bonds is 3. The van der Waals surface area contributed by atoms with Crippen LogP contribution in [-0.4, -0.2) is 36.4 Å². The molecule has 2 aromatic rings. The lowest BCUT2D eigenvalue weighted by Gasteiger charge is -2.14. The largest absolute Gasteiger partial charge is 0.451 e. The number of alkyl halides is 5. The Morgan fingerprint density at radius 1 is 1.12 bits per heavy atom. The van der Waals surface area contributed by atoms with Gasteiger partial charge in [-0.2, -0.15) is 13.2 Å². The standard InChI is InChI=1S/C17H15F5N2O2/c18-15(19)11-7-24(8-12(11)23)16(25)14-6-5-13(26-14)9-1-3-10(4-2-9)17(20,21)22/h1-6,11-12,15H,7-8,23H2/t11-,12-/m1/s1. The molecule has 2 heterocycles. The molecule has 0 aliphatic carbocycles. The van der Waals surface area contributed by atoms with E-state index in [0.29, 0.717) is 5.56 Å². The van der Waals surface area contributed by atoms with Gasteiger partial charge in [-0.1, -0.05) is 12.1 Å². The van der Waals surface area contributed by atoms with Crippen molar-refractivity contribution in [2.45, 2.75) is 18.6 Å². The topological polar surface area (TPSA) is 59.5 Å². The summed E-state index contributed by atoms with van der Waals surface area (Å²) < 4.78 is 68.9. The van der Waals surface area contributed by atoms with E-state index in [2.05, 4.69) is 0 Å². The van der Waals surface area contributed by atoms with Crippen LogP contribution < -0.4 is 5.73 Å². The van der Waals surface area contributed by atoms with Crippen molar-refractivity contribution in [2.24, 2.45) is 11.7 Å². The molecule has 2 N–H and O–H groups in total. The summed E-state index contributed by atoms with van der Waals surface area (Å²) in [6.45, 7) is -0.182. The second-order valence-corrected chi connectivity index (χ2v) is 6.11. The number of hydrogen-bond acceptors (Lipinski definition) is 3. The molecule has 1 aromatic heterocycles. The summed E-state index contributed by atoms with van der Waals surface area (Å²) in [7, 11) is 0. The molecule has 4 nitrogen and oxygen atoms in total. The fraction of sp³-hybridized carbons (Fsp3) is 0.353. The fourth-order valence-electron chi connectivity index (χ4n) is 2.87. The molecule has 9 heteroatoms. The number of carbonyl (C=O) groups is 1. The van der Waals surface area contributed by atoms with Gasteiger partial charge in [-0.15, -0.1) is 0 Å². The highest BCUT2D eigenvalue weighted by atomic mass is 19.4. The third-order valence-electron chi connectivity index (χ3n) is 4.34. The summed E-state index contributed by atoms with van der Waals surface area (Å²) in [4.78, 5) is 13.6. The Bertz CT molecular complexity index is 785. The first-order valence-electron chi connectivity index (χ1n) is 7.77. The van der Waals surface area contributed by atoms with Crippen molar-refractivity contribution >= 4 is 5.91 Å². The number of carbonyl (C=O) groups excluding carboxylic acids is 1. The van der Waals surface area contributed by atoms with Crippen LogP contribution in [0, 0.1) is 5.92 Å². The number of furan rings is 1. The molecule has 0 unspecified atom stereocenters. The third-order valence-corrected chi connectivity index (χ3v) is 4.34. The van der Waals surface area contributed by atoms with E-state index in [9.17, 15) is 26.7 Å². The van der Waals surface area contributed by atoms with E-state index in [0.717, 1.165) is 12.1 Å². The Balaban J connectivity index is 1.75. The Morgan fingerprint density at radius 2 is 1.77 bits per heavy atom. The quantitative estimate of drug-likeness (QED) is 0.835. The van der Waals surface area contributed by atoms with E-state index < -0.39 is 36.0 Å². The summed E-state index contributed by atoms with van der Waals surface area (Å²) in [6.07, 6.45) is -7.07. The predicted octanol–water partition coefficient (Wildman–Crippen LogP) is 3.63. The van der Waals surface area contributed by atoms with Crippen LogP contribution in [0.25, 0.3) is 11.3 Å². The van der Waals surface area contributed by atoms with Gasteiger partial charge >= 0.3 is 6.18 Å². The molecule has 1 amide bonds. The number of likely N-dealkylation sites (tertiary alicyclic amines) is 1. The molecule has 1 aliphatic rings. The lowest BCUT2D eigenvalue weighted by Crippen LogP contribution is -2.33. The molecule has 1 aromatic carbocycles. The molecule has 0 spiro atoms. The summed E-state index contributed by atoms with van der Waals surface area (Å²) >= 11 is 0. The van der Waals surface area contributed by atoms with E-state index in [1.807, 2.05) is 0 Å². The number of hydrogen-bond donors (Lipinski definition) is 1. The number of amides is 1. The maximum absolute atomic E-state index is 12.8. The predicted molar refractivity (Wildman–Crippen MR) is 82.5 cm³/mol. The summed E-state index contributed by atoms with van der Waals surface area (Å²) in [5, 5.41) is 0. The molecule has 26 heavy (non-hydrogen) atoms. The minimum absolute atomic E-state index is 0.00977.